The van der Waals surface area contributed by atoms with Crippen LogP contribution >= 0.6 is 11.6 Å². The number of carboxylic acid groups (broad SMARTS) is 1. The van der Waals surface area contributed by atoms with Crippen LogP contribution in [-0.2, 0) is 11.2 Å². The number of aliphatic carboxylic acids is 1. The summed E-state index contributed by atoms with van der Waals surface area (Å²) in [5.74, 6) is -2.21. The van der Waals surface area contributed by atoms with Crippen molar-refractivity contribution in [1.29, 1.82) is 0 Å². The molecule has 0 unspecified atom stereocenters. The second kappa shape index (κ2) is 10.2. The van der Waals surface area contributed by atoms with Crippen LogP contribution < -0.4 is 10.6 Å². The first kappa shape index (κ1) is 23.0. The Morgan fingerprint density at radius 2 is 1.50 bits per heavy atom. The lowest BCUT2D eigenvalue weighted by Crippen LogP contribution is -2.42. The van der Waals surface area contributed by atoms with Crippen molar-refractivity contribution in [1.82, 2.24) is 5.32 Å². The summed E-state index contributed by atoms with van der Waals surface area (Å²) < 4.78 is 0. The summed E-state index contributed by atoms with van der Waals surface area (Å²) >= 11 is 6.12. The van der Waals surface area contributed by atoms with Gasteiger partial charge in [0.05, 0.1) is 11.3 Å². The summed E-state index contributed by atoms with van der Waals surface area (Å²) in [5.41, 5.74) is 1.48. The van der Waals surface area contributed by atoms with Crippen LogP contribution in [-0.4, -0.2) is 28.9 Å². The predicted molar refractivity (Wildman–Crippen MR) is 132 cm³/mol. The lowest BCUT2D eigenvalue weighted by Gasteiger charge is -2.17. The highest BCUT2D eigenvalue weighted by molar-refractivity contribution is 6.31. The van der Waals surface area contributed by atoms with Crippen LogP contribution in [0.5, 0.6) is 0 Å². The fourth-order valence-electron chi connectivity index (χ4n) is 3.63. The van der Waals surface area contributed by atoms with E-state index in [0.29, 0.717) is 10.6 Å². The summed E-state index contributed by atoms with van der Waals surface area (Å²) in [6.07, 6.45) is 0.119. The molecule has 0 radical (unpaired) electrons. The number of hydrogen-bond donors (Lipinski definition) is 3. The predicted octanol–water partition coefficient (Wildman–Crippen LogP) is 5.17. The third kappa shape index (κ3) is 5.42. The minimum Gasteiger partial charge on any atom is -0.480 e. The van der Waals surface area contributed by atoms with E-state index in [2.05, 4.69) is 10.6 Å². The SMILES string of the molecule is O=C(Nc1cc(Cl)ccc1C(=O)N[C@@H](Cc1ccccc1)C(=O)O)c1ccc2ccccc2c1. The monoisotopic (exact) mass is 472 g/mol. The molecule has 0 aliphatic rings. The van der Waals surface area contributed by atoms with E-state index in [4.69, 9.17) is 11.6 Å². The standard InChI is InChI=1S/C27H21ClN2O4/c28-21-12-13-22(26(32)30-24(27(33)34)14-17-6-2-1-3-7-17)23(16-21)29-25(31)20-11-10-18-8-4-5-9-19(18)15-20/h1-13,15-16,24H,14H2,(H,29,31)(H,30,32)(H,33,34)/t24-/m0/s1. The molecule has 34 heavy (non-hydrogen) atoms. The van der Waals surface area contributed by atoms with Gasteiger partial charge in [-0.05, 0) is 46.7 Å². The fourth-order valence-corrected chi connectivity index (χ4v) is 3.80. The van der Waals surface area contributed by atoms with E-state index in [-0.39, 0.29) is 17.7 Å². The number of carboxylic acids is 1. The molecule has 6 nitrogen and oxygen atoms in total. The smallest absolute Gasteiger partial charge is 0.326 e. The van der Waals surface area contributed by atoms with E-state index in [0.717, 1.165) is 16.3 Å². The molecular formula is C27H21ClN2O4. The number of benzene rings is 4. The van der Waals surface area contributed by atoms with Gasteiger partial charge in [0.1, 0.15) is 6.04 Å². The lowest BCUT2D eigenvalue weighted by molar-refractivity contribution is -0.139. The Labute approximate surface area is 201 Å². The Bertz CT molecular complexity index is 1370. The zero-order valence-electron chi connectivity index (χ0n) is 18.0. The molecule has 0 heterocycles. The van der Waals surface area contributed by atoms with E-state index in [1.165, 1.54) is 18.2 Å². The number of amides is 2. The molecule has 4 aromatic carbocycles. The molecule has 1 atom stereocenters. The second-order valence-electron chi connectivity index (χ2n) is 7.76. The van der Waals surface area contributed by atoms with E-state index in [1.54, 1.807) is 36.4 Å². The highest BCUT2D eigenvalue weighted by Crippen LogP contribution is 2.23. The number of carbonyl (C=O) groups excluding carboxylic acids is 2. The van der Waals surface area contributed by atoms with E-state index in [1.807, 2.05) is 36.4 Å². The van der Waals surface area contributed by atoms with Gasteiger partial charge in [-0.2, -0.15) is 0 Å². The number of rotatable bonds is 7. The summed E-state index contributed by atoms with van der Waals surface area (Å²) in [6.45, 7) is 0. The van der Waals surface area contributed by atoms with Gasteiger partial charge in [-0.3, -0.25) is 9.59 Å². The van der Waals surface area contributed by atoms with Gasteiger partial charge >= 0.3 is 5.97 Å². The third-order valence-corrected chi connectivity index (χ3v) is 5.61. The maximum absolute atomic E-state index is 13.0. The molecule has 0 spiro atoms. The Morgan fingerprint density at radius 1 is 0.794 bits per heavy atom. The third-order valence-electron chi connectivity index (χ3n) is 5.37. The minimum absolute atomic E-state index is 0.109. The van der Waals surface area contributed by atoms with Crippen molar-refractivity contribution in [2.75, 3.05) is 5.32 Å². The minimum atomic E-state index is -1.16. The molecule has 4 rings (SSSR count). The zero-order valence-corrected chi connectivity index (χ0v) is 18.8. The number of fused-ring (bicyclic) bond motifs is 1. The van der Waals surface area contributed by atoms with Gasteiger partial charge in [0, 0.05) is 17.0 Å². The molecule has 0 aromatic heterocycles. The molecular weight excluding hydrogens is 452 g/mol. The average molecular weight is 473 g/mol. The Morgan fingerprint density at radius 3 is 2.24 bits per heavy atom. The van der Waals surface area contributed by atoms with Gasteiger partial charge < -0.3 is 15.7 Å². The van der Waals surface area contributed by atoms with Crippen molar-refractivity contribution >= 4 is 45.8 Å². The first-order valence-corrected chi connectivity index (χ1v) is 11.0. The second-order valence-corrected chi connectivity index (χ2v) is 8.20. The van der Waals surface area contributed by atoms with E-state index >= 15 is 0 Å². The molecule has 4 aromatic rings. The molecule has 2 amide bonds. The maximum Gasteiger partial charge on any atom is 0.326 e. The van der Waals surface area contributed by atoms with Crippen LogP contribution in [0, 0.1) is 0 Å². The summed E-state index contributed by atoms with van der Waals surface area (Å²) in [5, 5.41) is 17.1. The van der Waals surface area contributed by atoms with Crippen LogP contribution in [0.15, 0.2) is 91.0 Å². The van der Waals surface area contributed by atoms with Crippen molar-refractivity contribution in [3.05, 3.63) is 113 Å². The summed E-state index contributed by atoms with van der Waals surface area (Å²) in [6, 6.07) is 25.3. The normalized spacial score (nSPS) is 11.6. The topological polar surface area (TPSA) is 95.5 Å². The largest absolute Gasteiger partial charge is 0.480 e. The zero-order chi connectivity index (χ0) is 24.1. The maximum atomic E-state index is 13.0. The molecule has 0 saturated heterocycles. The Hall–Kier alpha value is -4.16. The van der Waals surface area contributed by atoms with Crippen molar-refractivity contribution in [3.8, 4) is 0 Å². The fraction of sp³-hybridized carbons (Fsp3) is 0.0741. The molecule has 0 bridgehead atoms. The molecule has 0 aliphatic heterocycles. The van der Waals surface area contributed by atoms with Crippen molar-refractivity contribution in [2.45, 2.75) is 12.5 Å². The van der Waals surface area contributed by atoms with Crippen LogP contribution in [0.4, 0.5) is 5.69 Å². The molecule has 0 saturated carbocycles. The van der Waals surface area contributed by atoms with Gasteiger partial charge in [-0.1, -0.05) is 72.3 Å². The highest BCUT2D eigenvalue weighted by Gasteiger charge is 2.23. The van der Waals surface area contributed by atoms with Gasteiger partial charge in [-0.15, -0.1) is 0 Å². The number of anilines is 1. The summed E-state index contributed by atoms with van der Waals surface area (Å²) in [7, 11) is 0. The number of hydrogen-bond acceptors (Lipinski definition) is 3. The highest BCUT2D eigenvalue weighted by atomic mass is 35.5. The molecule has 0 fully saturated rings. The summed E-state index contributed by atoms with van der Waals surface area (Å²) in [4.78, 5) is 37.7. The van der Waals surface area contributed by atoms with Crippen molar-refractivity contribution in [2.24, 2.45) is 0 Å². The molecule has 170 valence electrons. The number of carbonyl (C=O) groups is 3. The van der Waals surface area contributed by atoms with Crippen LogP contribution in [0.1, 0.15) is 26.3 Å². The quantitative estimate of drug-likeness (QED) is 0.345. The molecule has 7 heteroatoms. The van der Waals surface area contributed by atoms with Crippen LogP contribution in [0.2, 0.25) is 5.02 Å². The Kier molecular flexibility index (Phi) is 6.90. The van der Waals surface area contributed by atoms with E-state index in [9.17, 15) is 19.5 Å². The lowest BCUT2D eigenvalue weighted by atomic mass is 10.0. The molecule has 3 N–H and O–H groups in total. The first-order valence-electron chi connectivity index (χ1n) is 10.6. The average Bonchev–Trinajstić information content (AvgIpc) is 2.84. The first-order chi connectivity index (χ1) is 16.4. The molecule has 0 aliphatic carbocycles. The van der Waals surface area contributed by atoms with Gasteiger partial charge in [0.2, 0.25) is 0 Å². The van der Waals surface area contributed by atoms with Crippen LogP contribution in [0.3, 0.4) is 0 Å². The van der Waals surface area contributed by atoms with Gasteiger partial charge in [-0.25, -0.2) is 4.79 Å². The number of halogens is 1. The van der Waals surface area contributed by atoms with Gasteiger partial charge in [0.25, 0.3) is 11.8 Å². The van der Waals surface area contributed by atoms with E-state index < -0.39 is 23.8 Å². The van der Waals surface area contributed by atoms with Gasteiger partial charge in [0.15, 0.2) is 0 Å². The number of nitrogens with one attached hydrogen (secondary N) is 2. The Balaban J connectivity index is 1.56. The van der Waals surface area contributed by atoms with Crippen LogP contribution in [0.25, 0.3) is 10.8 Å². The van der Waals surface area contributed by atoms with Crippen molar-refractivity contribution in [3.63, 3.8) is 0 Å². The van der Waals surface area contributed by atoms with Crippen molar-refractivity contribution < 1.29 is 19.5 Å².